The van der Waals surface area contributed by atoms with Crippen LogP contribution in [0.1, 0.15) is 0 Å². The number of likely N-dealkylation sites (N-methyl/N-ethyl adjacent to an activating group) is 3. The molecular formula is C8H18N4. The van der Waals surface area contributed by atoms with E-state index in [0.717, 1.165) is 32.1 Å². The Morgan fingerprint density at radius 2 is 2.42 bits per heavy atom. The summed E-state index contributed by atoms with van der Waals surface area (Å²) in [5.74, 6) is 1.12. The van der Waals surface area contributed by atoms with Gasteiger partial charge in [-0.05, 0) is 7.05 Å². The first-order valence-corrected chi connectivity index (χ1v) is 4.37. The zero-order valence-electron chi connectivity index (χ0n) is 8.17. The molecule has 0 fully saturated rings. The fraction of sp³-hybridized carbons (Fsp3) is 0.875. The molecule has 0 aliphatic carbocycles. The Kier molecular flexibility index (Phi) is 3.34. The lowest BCUT2D eigenvalue weighted by Gasteiger charge is -2.24. The third kappa shape index (κ3) is 2.11. The van der Waals surface area contributed by atoms with Crippen molar-refractivity contribution in [2.45, 2.75) is 0 Å². The van der Waals surface area contributed by atoms with Crippen LogP contribution in [-0.2, 0) is 0 Å². The molecular weight excluding hydrogens is 152 g/mol. The van der Waals surface area contributed by atoms with Crippen LogP contribution in [0.25, 0.3) is 0 Å². The number of rotatable bonds is 3. The zero-order valence-corrected chi connectivity index (χ0v) is 8.17. The average Bonchev–Trinajstić information content (AvgIpc) is 2.47. The lowest BCUT2D eigenvalue weighted by molar-refractivity contribution is 0.416. The minimum atomic E-state index is 0.940. The molecule has 0 radical (unpaired) electrons. The second-order valence-electron chi connectivity index (χ2n) is 3.13. The molecule has 4 heteroatoms. The lowest BCUT2D eigenvalue weighted by atomic mass is 10.5. The van der Waals surface area contributed by atoms with Gasteiger partial charge < -0.3 is 15.1 Å². The van der Waals surface area contributed by atoms with E-state index < -0.39 is 0 Å². The van der Waals surface area contributed by atoms with Crippen LogP contribution < -0.4 is 5.32 Å². The van der Waals surface area contributed by atoms with Crippen molar-refractivity contribution in [2.24, 2.45) is 4.99 Å². The molecule has 1 heterocycles. The van der Waals surface area contributed by atoms with Crippen LogP contribution in [-0.4, -0.2) is 63.1 Å². The maximum Gasteiger partial charge on any atom is 0.196 e. The molecule has 70 valence electrons. The molecule has 0 bridgehead atoms. The molecule has 1 N–H and O–H groups in total. The fourth-order valence-electron chi connectivity index (χ4n) is 1.31. The zero-order chi connectivity index (χ0) is 8.97. The molecule has 12 heavy (non-hydrogen) atoms. The highest BCUT2D eigenvalue weighted by Gasteiger charge is 2.15. The van der Waals surface area contributed by atoms with E-state index in [-0.39, 0.29) is 0 Å². The van der Waals surface area contributed by atoms with Crippen LogP contribution in [0.15, 0.2) is 4.99 Å². The maximum atomic E-state index is 4.41. The molecule has 4 nitrogen and oxygen atoms in total. The summed E-state index contributed by atoms with van der Waals surface area (Å²) >= 11 is 0. The van der Waals surface area contributed by atoms with Gasteiger partial charge in [0.2, 0.25) is 0 Å². The van der Waals surface area contributed by atoms with E-state index in [2.05, 4.69) is 34.2 Å². The van der Waals surface area contributed by atoms with Crippen LogP contribution in [0.4, 0.5) is 0 Å². The second kappa shape index (κ2) is 4.30. The number of nitrogens with zero attached hydrogens (tertiary/aromatic N) is 3. The Balaban J connectivity index is 2.35. The summed E-state index contributed by atoms with van der Waals surface area (Å²) < 4.78 is 0. The van der Waals surface area contributed by atoms with E-state index in [1.165, 1.54) is 0 Å². The predicted molar refractivity (Wildman–Crippen MR) is 51.5 cm³/mol. The minimum Gasteiger partial charge on any atom is -0.345 e. The topological polar surface area (TPSA) is 30.9 Å². The summed E-state index contributed by atoms with van der Waals surface area (Å²) in [6.07, 6.45) is 0. The normalized spacial score (nSPS) is 16.6. The van der Waals surface area contributed by atoms with E-state index in [4.69, 9.17) is 0 Å². The standard InChI is InChI=1S/C8H18N4/c1-9-4-6-11(2)8-10-5-7-12(8)3/h9H,4-7H2,1-3H3. The number of guanidine groups is 1. The summed E-state index contributed by atoms with van der Waals surface area (Å²) in [5, 5.41) is 3.12. The maximum absolute atomic E-state index is 4.41. The second-order valence-corrected chi connectivity index (χ2v) is 3.13. The Hall–Kier alpha value is -0.770. The van der Waals surface area contributed by atoms with Gasteiger partial charge in [-0.2, -0.15) is 0 Å². The quantitative estimate of drug-likeness (QED) is 0.616. The van der Waals surface area contributed by atoms with Gasteiger partial charge in [0.15, 0.2) is 5.96 Å². The molecule has 0 saturated heterocycles. The van der Waals surface area contributed by atoms with Crippen molar-refractivity contribution in [3.8, 4) is 0 Å². The van der Waals surface area contributed by atoms with Crippen molar-refractivity contribution in [1.29, 1.82) is 0 Å². The summed E-state index contributed by atoms with van der Waals surface area (Å²) in [4.78, 5) is 8.78. The fourth-order valence-corrected chi connectivity index (χ4v) is 1.31. The Morgan fingerprint density at radius 3 is 2.92 bits per heavy atom. The minimum absolute atomic E-state index is 0.940. The van der Waals surface area contributed by atoms with E-state index in [9.17, 15) is 0 Å². The van der Waals surface area contributed by atoms with E-state index in [1.54, 1.807) is 0 Å². The molecule has 0 atom stereocenters. The van der Waals surface area contributed by atoms with E-state index in [1.807, 2.05) is 7.05 Å². The van der Waals surface area contributed by atoms with Crippen molar-refractivity contribution in [3.05, 3.63) is 0 Å². The first kappa shape index (κ1) is 9.32. The van der Waals surface area contributed by atoms with Crippen molar-refractivity contribution < 1.29 is 0 Å². The molecule has 1 rings (SSSR count). The van der Waals surface area contributed by atoms with Crippen molar-refractivity contribution in [1.82, 2.24) is 15.1 Å². The van der Waals surface area contributed by atoms with E-state index >= 15 is 0 Å². The lowest BCUT2D eigenvalue weighted by Crippen LogP contribution is -2.40. The molecule has 0 unspecified atom stereocenters. The molecule has 1 aliphatic heterocycles. The molecule has 0 aromatic carbocycles. The average molecular weight is 170 g/mol. The Labute approximate surface area is 74.3 Å². The summed E-state index contributed by atoms with van der Waals surface area (Å²) in [7, 11) is 6.13. The van der Waals surface area contributed by atoms with Crippen molar-refractivity contribution in [3.63, 3.8) is 0 Å². The number of hydrogen-bond donors (Lipinski definition) is 1. The molecule has 0 spiro atoms. The summed E-state index contributed by atoms with van der Waals surface area (Å²) in [5.41, 5.74) is 0. The van der Waals surface area contributed by atoms with Crippen LogP contribution in [0, 0.1) is 0 Å². The number of aliphatic imine (C=N–C) groups is 1. The first-order valence-electron chi connectivity index (χ1n) is 4.37. The molecule has 0 aromatic heterocycles. The predicted octanol–water partition coefficient (Wildman–Crippen LogP) is -0.561. The van der Waals surface area contributed by atoms with Gasteiger partial charge in [0.05, 0.1) is 6.54 Å². The van der Waals surface area contributed by atoms with Crippen molar-refractivity contribution in [2.75, 3.05) is 47.3 Å². The van der Waals surface area contributed by atoms with Crippen LogP contribution >= 0.6 is 0 Å². The monoisotopic (exact) mass is 170 g/mol. The van der Waals surface area contributed by atoms with Gasteiger partial charge in [-0.3, -0.25) is 4.99 Å². The SMILES string of the molecule is CNCCN(C)C1=NCCN1C. The Morgan fingerprint density at radius 1 is 1.67 bits per heavy atom. The third-order valence-corrected chi connectivity index (χ3v) is 2.07. The summed E-state index contributed by atoms with van der Waals surface area (Å²) in [6, 6.07) is 0. The van der Waals surface area contributed by atoms with Crippen LogP contribution in [0.2, 0.25) is 0 Å². The van der Waals surface area contributed by atoms with Gasteiger partial charge >= 0.3 is 0 Å². The van der Waals surface area contributed by atoms with Gasteiger partial charge in [0, 0.05) is 33.7 Å². The van der Waals surface area contributed by atoms with Gasteiger partial charge in [-0.15, -0.1) is 0 Å². The van der Waals surface area contributed by atoms with Crippen LogP contribution in [0.5, 0.6) is 0 Å². The molecule has 0 amide bonds. The highest BCUT2D eigenvalue weighted by molar-refractivity contribution is 5.81. The van der Waals surface area contributed by atoms with Gasteiger partial charge in [0.1, 0.15) is 0 Å². The summed E-state index contributed by atoms with van der Waals surface area (Å²) in [6.45, 7) is 4.01. The number of hydrogen-bond acceptors (Lipinski definition) is 4. The third-order valence-electron chi connectivity index (χ3n) is 2.07. The largest absolute Gasteiger partial charge is 0.345 e. The molecule has 0 saturated carbocycles. The van der Waals surface area contributed by atoms with Gasteiger partial charge in [-0.25, -0.2) is 0 Å². The molecule has 0 aromatic rings. The first-order chi connectivity index (χ1) is 5.75. The van der Waals surface area contributed by atoms with Crippen LogP contribution in [0.3, 0.4) is 0 Å². The van der Waals surface area contributed by atoms with Crippen molar-refractivity contribution >= 4 is 5.96 Å². The highest BCUT2D eigenvalue weighted by atomic mass is 15.4. The van der Waals surface area contributed by atoms with Gasteiger partial charge in [-0.1, -0.05) is 0 Å². The van der Waals surface area contributed by atoms with E-state index in [0.29, 0.717) is 0 Å². The Bertz CT molecular complexity index is 166. The molecule has 1 aliphatic rings. The van der Waals surface area contributed by atoms with Gasteiger partial charge in [0.25, 0.3) is 0 Å². The highest BCUT2D eigenvalue weighted by Crippen LogP contribution is 2.00. The number of nitrogens with one attached hydrogen (secondary N) is 1. The smallest absolute Gasteiger partial charge is 0.196 e.